The van der Waals surface area contributed by atoms with Crippen LogP contribution in [-0.4, -0.2) is 40.4 Å². The highest BCUT2D eigenvalue weighted by Gasteiger charge is 2.14. The Morgan fingerprint density at radius 1 is 1.22 bits per heavy atom. The first-order valence-electron chi connectivity index (χ1n) is 9.05. The number of aliphatic hydroxyl groups is 1. The lowest BCUT2D eigenvalue weighted by atomic mass is 10.2. The molecule has 1 aromatic heterocycles. The van der Waals surface area contributed by atoms with Crippen LogP contribution >= 0.6 is 0 Å². The second-order valence-electron chi connectivity index (χ2n) is 6.36. The summed E-state index contributed by atoms with van der Waals surface area (Å²) in [6.45, 7) is 2.62. The fourth-order valence-electron chi connectivity index (χ4n) is 3.03. The maximum atomic E-state index is 11.6. The van der Waals surface area contributed by atoms with Crippen molar-refractivity contribution < 1.29 is 19.4 Å². The summed E-state index contributed by atoms with van der Waals surface area (Å²) < 4.78 is 12.4. The fraction of sp³-hybridized carbons (Fsp3) is 0.333. The van der Waals surface area contributed by atoms with Gasteiger partial charge in [0.15, 0.2) is 0 Å². The summed E-state index contributed by atoms with van der Waals surface area (Å²) in [7, 11) is 1.34. The number of imidazole rings is 1. The minimum Gasteiger partial charge on any atom is -0.491 e. The van der Waals surface area contributed by atoms with E-state index in [2.05, 4.69) is 16.5 Å². The zero-order valence-corrected chi connectivity index (χ0v) is 15.6. The molecular formula is C21H24N2O4. The van der Waals surface area contributed by atoms with Gasteiger partial charge in [-0.15, -0.1) is 0 Å². The van der Waals surface area contributed by atoms with E-state index < -0.39 is 12.1 Å². The molecule has 1 N–H and O–H groups in total. The van der Waals surface area contributed by atoms with E-state index in [4.69, 9.17) is 9.47 Å². The molecule has 0 unspecified atom stereocenters. The number of hydrogen-bond acceptors (Lipinski definition) is 5. The van der Waals surface area contributed by atoms with E-state index in [1.165, 1.54) is 7.11 Å². The molecule has 3 aromatic rings. The van der Waals surface area contributed by atoms with Crippen molar-refractivity contribution in [1.29, 1.82) is 0 Å². The van der Waals surface area contributed by atoms with E-state index >= 15 is 0 Å². The number of aliphatic hydroxyl groups excluding tert-OH is 1. The normalized spacial score (nSPS) is 12.1. The number of carbonyl (C=O) groups is 1. The Morgan fingerprint density at radius 3 is 2.81 bits per heavy atom. The molecule has 0 saturated heterocycles. The Bertz CT molecular complexity index is 919. The maximum absolute atomic E-state index is 11.6. The Balaban J connectivity index is 1.69. The van der Waals surface area contributed by atoms with Crippen molar-refractivity contribution in [1.82, 2.24) is 9.55 Å². The fourth-order valence-corrected chi connectivity index (χ4v) is 3.03. The van der Waals surface area contributed by atoms with Crippen molar-refractivity contribution in [2.75, 3.05) is 13.7 Å². The first kappa shape index (κ1) is 18.9. The number of aromatic nitrogens is 2. The highest BCUT2D eigenvalue weighted by atomic mass is 16.5. The molecular weight excluding hydrogens is 344 g/mol. The van der Waals surface area contributed by atoms with Crippen LogP contribution in [0.1, 0.15) is 29.5 Å². The monoisotopic (exact) mass is 368 g/mol. The summed E-state index contributed by atoms with van der Waals surface area (Å²) in [6, 6.07) is 14.6. The number of ether oxygens (including phenoxy) is 2. The van der Waals surface area contributed by atoms with Gasteiger partial charge in [-0.05, 0) is 36.8 Å². The highest BCUT2D eigenvalue weighted by Crippen LogP contribution is 2.19. The van der Waals surface area contributed by atoms with E-state index in [1.807, 2.05) is 24.3 Å². The summed E-state index contributed by atoms with van der Waals surface area (Å²) >= 11 is 0. The third kappa shape index (κ3) is 4.46. The Labute approximate surface area is 158 Å². The van der Waals surface area contributed by atoms with Crippen LogP contribution in [0.3, 0.4) is 0 Å². The number of carbonyl (C=O) groups excluding carboxylic acids is 1. The lowest BCUT2D eigenvalue weighted by Gasteiger charge is -2.16. The summed E-state index contributed by atoms with van der Waals surface area (Å²) in [5.41, 5.74) is 2.35. The van der Waals surface area contributed by atoms with Gasteiger partial charge in [0.05, 0.1) is 30.3 Å². The minimum atomic E-state index is -0.708. The van der Waals surface area contributed by atoms with Crippen molar-refractivity contribution >= 4 is 17.0 Å². The second kappa shape index (κ2) is 8.68. The van der Waals surface area contributed by atoms with Crippen LogP contribution in [0.25, 0.3) is 11.0 Å². The number of para-hydroxylation sites is 2. The molecule has 2 aromatic carbocycles. The standard InChI is InChI=1S/C21H24N2O4/c1-3-7-20-22-18-10-4-5-11-19(18)23(20)13-16(24)14-27-17-9-6-8-15(12-17)21(25)26-2/h4-6,8-12,16,24H,3,7,13-14H2,1-2H3/t16-/m0/s1. The SMILES string of the molecule is CCCc1nc2ccccc2n1C[C@H](O)COc1cccc(C(=O)OC)c1. The van der Waals surface area contributed by atoms with Gasteiger partial charge in [-0.3, -0.25) is 0 Å². The molecule has 1 atom stereocenters. The number of hydrogen-bond donors (Lipinski definition) is 1. The van der Waals surface area contributed by atoms with Crippen LogP contribution in [0.2, 0.25) is 0 Å². The summed E-state index contributed by atoms with van der Waals surface area (Å²) in [4.78, 5) is 16.3. The quantitative estimate of drug-likeness (QED) is 0.618. The van der Waals surface area contributed by atoms with Crippen molar-refractivity contribution in [2.24, 2.45) is 0 Å². The van der Waals surface area contributed by atoms with E-state index in [-0.39, 0.29) is 6.61 Å². The van der Waals surface area contributed by atoms with Gasteiger partial charge in [0.25, 0.3) is 0 Å². The Hall–Kier alpha value is -2.86. The first-order chi connectivity index (χ1) is 13.1. The van der Waals surface area contributed by atoms with Crippen molar-refractivity contribution in [2.45, 2.75) is 32.4 Å². The molecule has 0 saturated carbocycles. The minimum absolute atomic E-state index is 0.114. The molecule has 0 bridgehead atoms. The average Bonchev–Trinajstić information content (AvgIpc) is 3.03. The number of methoxy groups -OCH3 is 1. The van der Waals surface area contributed by atoms with Crippen molar-refractivity contribution in [3.8, 4) is 5.75 Å². The lowest BCUT2D eigenvalue weighted by Crippen LogP contribution is -2.24. The number of nitrogens with zero attached hydrogens (tertiary/aromatic N) is 2. The van der Waals surface area contributed by atoms with Crippen LogP contribution in [-0.2, 0) is 17.7 Å². The van der Waals surface area contributed by atoms with E-state index in [1.54, 1.807) is 24.3 Å². The third-order valence-electron chi connectivity index (χ3n) is 4.30. The highest BCUT2D eigenvalue weighted by molar-refractivity contribution is 5.89. The van der Waals surface area contributed by atoms with Crippen LogP contribution in [0.4, 0.5) is 0 Å². The van der Waals surface area contributed by atoms with E-state index in [9.17, 15) is 9.90 Å². The zero-order chi connectivity index (χ0) is 19.2. The van der Waals surface area contributed by atoms with Gasteiger partial charge in [-0.25, -0.2) is 9.78 Å². The topological polar surface area (TPSA) is 73.6 Å². The van der Waals surface area contributed by atoms with Gasteiger partial charge in [-0.2, -0.15) is 0 Å². The molecule has 6 nitrogen and oxygen atoms in total. The molecule has 0 aliphatic carbocycles. The molecule has 0 amide bonds. The van der Waals surface area contributed by atoms with Gasteiger partial charge >= 0.3 is 5.97 Å². The second-order valence-corrected chi connectivity index (χ2v) is 6.36. The van der Waals surface area contributed by atoms with E-state index in [0.717, 1.165) is 29.7 Å². The van der Waals surface area contributed by atoms with Crippen LogP contribution < -0.4 is 4.74 Å². The van der Waals surface area contributed by atoms with E-state index in [0.29, 0.717) is 17.9 Å². The molecule has 0 aliphatic heterocycles. The molecule has 0 aliphatic rings. The summed E-state index contributed by atoms with van der Waals surface area (Å²) in [6.07, 6.45) is 1.12. The number of fused-ring (bicyclic) bond motifs is 1. The first-order valence-corrected chi connectivity index (χ1v) is 9.05. The van der Waals surface area contributed by atoms with Gasteiger partial charge < -0.3 is 19.1 Å². The molecule has 3 rings (SSSR count). The molecule has 0 radical (unpaired) electrons. The zero-order valence-electron chi connectivity index (χ0n) is 15.6. The molecule has 0 fully saturated rings. The molecule has 6 heteroatoms. The van der Waals surface area contributed by atoms with Crippen molar-refractivity contribution in [3.63, 3.8) is 0 Å². The summed E-state index contributed by atoms with van der Waals surface area (Å²) in [5, 5.41) is 10.5. The number of aryl methyl sites for hydroxylation is 1. The largest absolute Gasteiger partial charge is 0.491 e. The third-order valence-corrected chi connectivity index (χ3v) is 4.30. The van der Waals surface area contributed by atoms with Gasteiger partial charge in [0.1, 0.15) is 24.3 Å². The molecule has 0 spiro atoms. The number of rotatable bonds is 8. The van der Waals surface area contributed by atoms with Crippen LogP contribution in [0.15, 0.2) is 48.5 Å². The Morgan fingerprint density at radius 2 is 2.04 bits per heavy atom. The molecule has 142 valence electrons. The maximum Gasteiger partial charge on any atom is 0.337 e. The average molecular weight is 368 g/mol. The van der Waals surface area contributed by atoms with Gasteiger partial charge in [0, 0.05) is 6.42 Å². The number of benzene rings is 2. The van der Waals surface area contributed by atoms with Crippen molar-refractivity contribution in [3.05, 3.63) is 59.9 Å². The van der Waals surface area contributed by atoms with Gasteiger partial charge in [0.2, 0.25) is 0 Å². The smallest absolute Gasteiger partial charge is 0.337 e. The Kier molecular flexibility index (Phi) is 6.08. The van der Waals surface area contributed by atoms with Crippen LogP contribution in [0, 0.1) is 0 Å². The predicted octanol–water partition coefficient (Wildman–Crippen LogP) is 3.22. The molecule has 27 heavy (non-hydrogen) atoms. The summed E-state index contributed by atoms with van der Waals surface area (Å²) in [5.74, 6) is 1.06. The molecule has 1 heterocycles. The lowest BCUT2D eigenvalue weighted by molar-refractivity contribution is 0.0599. The van der Waals surface area contributed by atoms with Gasteiger partial charge in [-0.1, -0.05) is 25.1 Å². The number of esters is 1. The predicted molar refractivity (Wildman–Crippen MR) is 103 cm³/mol. The van der Waals surface area contributed by atoms with Crippen LogP contribution in [0.5, 0.6) is 5.75 Å².